The predicted octanol–water partition coefficient (Wildman–Crippen LogP) is 5.70. The maximum atomic E-state index is 13.2. The van der Waals surface area contributed by atoms with Crippen LogP contribution < -0.4 is 5.32 Å². The van der Waals surface area contributed by atoms with Gasteiger partial charge in [0.25, 0.3) is 0 Å². The molecule has 156 valence electrons. The zero-order chi connectivity index (χ0) is 21.5. The Balaban J connectivity index is 0.00000124. The van der Waals surface area contributed by atoms with Gasteiger partial charge in [-0.1, -0.05) is 38.1 Å². The lowest BCUT2D eigenvalue weighted by molar-refractivity contribution is 0.476. The molecule has 0 bridgehead atoms. The number of nitrogens with zero attached hydrogens (tertiary/aromatic N) is 3. The Kier molecular flexibility index (Phi) is 7.01. The van der Waals surface area contributed by atoms with Crippen LogP contribution in [0.1, 0.15) is 27.2 Å². The van der Waals surface area contributed by atoms with Gasteiger partial charge in [0.2, 0.25) is 0 Å². The Morgan fingerprint density at radius 3 is 2.60 bits per heavy atom. The van der Waals surface area contributed by atoms with E-state index in [1.807, 2.05) is 19.9 Å². The second kappa shape index (κ2) is 9.87. The van der Waals surface area contributed by atoms with E-state index in [-0.39, 0.29) is 11.6 Å². The first-order chi connectivity index (χ1) is 14.7. The van der Waals surface area contributed by atoms with Crippen LogP contribution in [0.25, 0.3) is 22.0 Å². The first kappa shape index (κ1) is 21.3. The van der Waals surface area contributed by atoms with Crippen molar-refractivity contribution in [3.8, 4) is 16.9 Å². The van der Waals surface area contributed by atoms with Crippen LogP contribution in [0.15, 0.2) is 66.8 Å². The van der Waals surface area contributed by atoms with E-state index in [1.165, 1.54) is 24.2 Å². The standard InChI is InChI=1S/C22H21FN4O.C2H6/c1-2-27-10-4-3-5-18(27)13-24-22-19-11-16(15-6-8-17(23)9-7-15)12-20(28)21(19)25-14-26-22;1-2/h4-12,14,28H,2-3,13H2,1H3,(H,24,25,26);1-2H3. The van der Waals surface area contributed by atoms with Gasteiger partial charge in [-0.05, 0) is 48.7 Å². The van der Waals surface area contributed by atoms with Gasteiger partial charge in [-0.2, -0.15) is 0 Å². The summed E-state index contributed by atoms with van der Waals surface area (Å²) in [7, 11) is 0. The summed E-state index contributed by atoms with van der Waals surface area (Å²) >= 11 is 0. The second-order valence-electron chi connectivity index (χ2n) is 6.58. The summed E-state index contributed by atoms with van der Waals surface area (Å²) in [5, 5.41) is 14.6. The first-order valence-electron chi connectivity index (χ1n) is 10.3. The molecule has 1 aromatic heterocycles. The van der Waals surface area contributed by atoms with Crippen LogP contribution in [0, 0.1) is 5.82 Å². The molecule has 1 aliphatic rings. The van der Waals surface area contributed by atoms with Crippen molar-refractivity contribution >= 4 is 16.7 Å². The molecule has 0 fully saturated rings. The number of nitrogens with one attached hydrogen (secondary N) is 1. The summed E-state index contributed by atoms with van der Waals surface area (Å²) in [4.78, 5) is 10.8. The van der Waals surface area contributed by atoms with Gasteiger partial charge >= 0.3 is 0 Å². The SMILES string of the molecule is CC.CCN1C=CCC=C1CNc1ncnc2c(O)cc(-c3ccc(F)cc3)cc12. The predicted molar refractivity (Wildman–Crippen MR) is 121 cm³/mol. The Hall–Kier alpha value is -3.41. The molecule has 30 heavy (non-hydrogen) atoms. The van der Waals surface area contributed by atoms with Crippen molar-refractivity contribution in [1.29, 1.82) is 0 Å². The number of halogens is 1. The number of phenols is 1. The van der Waals surface area contributed by atoms with Gasteiger partial charge in [0.1, 0.15) is 29.2 Å². The zero-order valence-electron chi connectivity index (χ0n) is 17.6. The van der Waals surface area contributed by atoms with E-state index in [4.69, 9.17) is 0 Å². The van der Waals surface area contributed by atoms with Crippen molar-refractivity contribution in [3.63, 3.8) is 0 Å². The van der Waals surface area contributed by atoms with Gasteiger partial charge in [0.05, 0.1) is 6.54 Å². The van der Waals surface area contributed by atoms with Gasteiger partial charge in [0, 0.05) is 23.8 Å². The molecule has 1 aliphatic heterocycles. The van der Waals surface area contributed by atoms with Crippen molar-refractivity contribution in [3.05, 3.63) is 72.6 Å². The maximum Gasteiger partial charge on any atom is 0.142 e. The fourth-order valence-electron chi connectivity index (χ4n) is 3.36. The molecule has 0 spiro atoms. The summed E-state index contributed by atoms with van der Waals surface area (Å²) in [6.07, 6.45) is 8.75. The lowest BCUT2D eigenvalue weighted by atomic mass is 10.0. The van der Waals surface area contributed by atoms with Crippen molar-refractivity contribution in [2.24, 2.45) is 0 Å². The topological polar surface area (TPSA) is 61.3 Å². The number of aromatic nitrogens is 2. The van der Waals surface area contributed by atoms with Gasteiger partial charge < -0.3 is 15.3 Å². The Bertz CT molecular complexity index is 1060. The number of anilines is 1. The van der Waals surface area contributed by atoms with E-state index in [0.717, 1.165) is 29.5 Å². The number of benzene rings is 2. The molecular formula is C24H27FN4O. The van der Waals surface area contributed by atoms with Crippen LogP contribution in [0.4, 0.5) is 10.2 Å². The summed E-state index contributed by atoms with van der Waals surface area (Å²) in [6, 6.07) is 9.73. The Morgan fingerprint density at radius 1 is 1.10 bits per heavy atom. The number of hydrogen-bond donors (Lipinski definition) is 2. The third-order valence-corrected chi connectivity index (χ3v) is 4.82. The fourth-order valence-corrected chi connectivity index (χ4v) is 3.36. The van der Waals surface area contributed by atoms with Crippen LogP contribution in [-0.2, 0) is 0 Å². The van der Waals surface area contributed by atoms with Crippen LogP contribution in [0.2, 0.25) is 0 Å². The molecule has 0 aliphatic carbocycles. The average Bonchev–Trinajstić information content (AvgIpc) is 2.79. The van der Waals surface area contributed by atoms with Gasteiger partial charge in [-0.25, -0.2) is 14.4 Å². The molecular weight excluding hydrogens is 379 g/mol. The summed E-state index contributed by atoms with van der Waals surface area (Å²) < 4.78 is 13.2. The quantitative estimate of drug-likeness (QED) is 0.569. The molecule has 0 unspecified atom stereocenters. The van der Waals surface area contributed by atoms with Gasteiger partial charge in [0.15, 0.2) is 0 Å². The molecule has 2 aromatic carbocycles. The molecule has 4 rings (SSSR count). The normalized spacial score (nSPS) is 12.9. The molecule has 6 heteroatoms. The number of likely N-dealkylation sites (N-methyl/N-ethyl adjacent to an activating group) is 1. The molecule has 5 nitrogen and oxygen atoms in total. The van der Waals surface area contributed by atoms with Gasteiger partial charge in [-0.3, -0.25) is 0 Å². The van der Waals surface area contributed by atoms with Crippen LogP contribution in [0.5, 0.6) is 5.75 Å². The Morgan fingerprint density at radius 2 is 1.87 bits per heavy atom. The highest BCUT2D eigenvalue weighted by molar-refractivity contribution is 5.96. The number of fused-ring (bicyclic) bond motifs is 1. The van der Waals surface area contributed by atoms with Crippen molar-refractivity contribution < 1.29 is 9.50 Å². The Labute approximate surface area is 176 Å². The van der Waals surface area contributed by atoms with Gasteiger partial charge in [-0.15, -0.1) is 0 Å². The van der Waals surface area contributed by atoms with E-state index >= 15 is 0 Å². The number of hydrogen-bond acceptors (Lipinski definition) is 5. The summed E-state index contributed by atoms with van der Waals surface area (Å²) in [5.74, 6) is 0.419. The molecule has 0 amide bonds. The largest absolute Gasteiger partial charge is 0.506 e. The smallest absolute Gasteiger partial charge is 0.142 e. The van der Waals surface area contributed by atoms with E-state index in [2.05, 4.69) is 45.5 Å². The fraction of sp³-hybridized carbons (Fsp3) is 0.250. The lowest BCUT2D eigenvalue weighted by Crippen LogP contribution is -2.23. The number of phenolic OH excluding ortho intramolecular Hbond substituents is 1. The minimum atomic E-state index is -0.297. The summed E-state index contributed by atoms with van der Waals surface area (Å²) in [6.45, 7) is 7.62. The maximum absolute atomic E-state index is 13.2. The minimum absolute atomic E-state index is 0.0669. The molecule has 0 radical (unpaired) electrons. The molecule has 0 atom stereocenters. The molecule has 2 heterocycles. The monoisotopic (exact) mass is 406 g/mol. The molecule has 0 saturated heterocycles. The second-order valence-corrected chi connectivity index (χ2v) is 6.58. The minimum Gasteiger partial charge on any atom is -0.506 e. The highest BCUT2D eigenvalue weighted by Crippen LogP contribution is 2.33. The van der Waals surface area contributed by atoms with E-state index in [1.54, 1.807) is 18.2 Å². The summed E-state index contributed by atoms with van der Waals surface area (Å²) in [5.41, 5.74) is 3.24. The van der Waals surface area contributed by atoms with E-state index in [9.17, 15) is 9.50 Å². The highest BCUT2D eigenvalue weighted by atomic mass is 19.1. The zero-order valence-corrected chi connectivity index (χ0v) is 17.6. The number of aromatic hydroxyl groups is 1. The molecule has 0 saturated carbocycles. The number of allylic oxidation sites excluding steroid dienone is 2. The molecule has 3 aromatic rings. The number of rotatable bonds is 5. The van der Waals surface area contributed by atoms with E-state index < -0.39 is 0 Å². The lowest BCUT2D eigenvalue weighted by Gasteiger charge is -2.25. The first-order valence-corrected chi connectivity index (χ1v) is 10.3. The van der Waals surface area contributed by atoms with E-state index in [0.29, 0.717) is 17.9 Å². The highest BCUT2D eigenvalue weighted by Gasteiger charge is 2.13. The van der Waals surface area contributed by atoms with Crippen molar-refractivity contribution in [1.82, 2.24) is 14.9 Å². The van der Waals surface area contributed by atoms with Crippen LogP contribution >= 0.6 is 0 Å². The van der Waals surface area contributed by atoms with Crippen LogP contribution in [-0.4, -0.2) is 33.1 Å². The average molecular weight is 407 g/mol. The van der Waals surface area contributed by atoms with Crippen LogP contribution in [0.3, 0.4) is 0 Å². The van der Waals surface area contributed by atoms with Crippen molar-refractivity contribution in [2.45, 2.75) is 27.2 Å². The third-order valence-electron chi connectivity index (χ3n) is 4.82. The third kappa shape index (κ3) is 4.59. The molecule has 2 N–H and O–H groups in total. The van der Waals surface area contributed by atoms with Crippen molar-refractivity contribution in [2.75, 3.05) is 18.4 Å².